The van der Waals surface area contributed by atoms with E-state index >= 15 is 0 Å². The number of amides is 1. The molecule has 1 unspecified atom stereocenters. The first-order chi connectivity index (χ1) is 20.4. The van der Waals surface area contributed by atoms with Crippen LogP contribution in [0.4, 0.5) is 5.69 Å². The number of sulfone groups is 1. The highest BCUT2D eigenvalue weighted by Gasteiger charge is 2.56. The Morgan fingerprint density at radius 3 is 2.47 bits per heavy atom. The fourth-order valence-corrected chi connectivity index (χ4v) is 9.61. The van der Waals surface area contributed by atoms with Gasteiger partial charge in [-0.25, -0.2) is 21.6 Å². The van der Waals surface area contributed by atoms with Gasteiger partial charge in [0.1, 0.15) is 9.84 Å². The van der Waals surface area contributed by atoms with E-state index in [-0.39, 0.29) is 53.7 Å². The Hall–Kier alpha value is -3.67. The first kappa shape index (κ1) is 30.8. The average molecular weight is 643 g/mol. The number of methoxy groups -OCH3 is 1. The minimum Gasteiger partial charge on any atom is -0.465 e. The van der Waals surface area contributed by atoms with E-state index in [9.17, 15) is 26.4 Å². The Kier molecular flexibility index (Phi) is 8.43. The summed E-state index contributed by atoms with van der Waals surface area (Å²) in [6.45, 7) is 4.05. The molecule has 2 aliphatic rings. The number of benzene rings is 3. The molecule has 0 aromatic heterocycles. The van der Waals surface area contributed by atoms with E-state index in [2.05, 4.69) is 11.9 Å². The van der Waals surface area contributed by atoms with Crippen LogP contribution < -0.4 is 9.62 Å². The van der Waals surface area contributed by atoms with Gasteiger partial charge in [0.05, 0.1) is 40.8 Å². The normalized spacial score (nSPS) is 18.6. The van der Waals surface area contributed by atoms with E-state index < -0.39 is 37.3 Å². The van der Waals surface area contributed by atoms with Crippen LogP contribution in [0.15, 0.2) is 84.3 Å². The van der Waals surface area contributed by atoms with Crippen molar-refractivity contribution in [3.8, 4) is 0 Å². The van der Waals surface area contributed by atoms with Crippen LogP contribution in [0.3, 0.4) is 0 Å². The highest BCUT2D eigenvalue weighted by atomic mass is 35.5. The monoisotopic (exact) mass is 642 g/mol. The number of halogens is 1. The molecule has 1 saturated heterocycles. The number of fused-ring (bicyclic) bond motifs is 2. The van der Waals surface area contributed by atoms with Gasteiger partial charge in [0.25, 0.3) is 15.9 Å². The number of hydrogen-bond acceptors (Lipinski definition) is 7. The number of esters is 1. The van der Waals surface area contributed by atoms with Gasteiger partial charge < -0.3 is 10.1 Å². The zero-order chi connectivity index (χ0) is 31.0. The lowest BCUT2D eigenvalue weighted by atomic mass is 9.71. The molecular weight excluding hydrogens is 612 g/mol. The van der Waals surface area contributed by atoms with Crippen molar-refractivity contribution in [3.63, 3.8) is 0 Å². The number of nitrogens with zero attached hydrogens (tertiary/aromatic N) is 1. The van der Waals surface area contributed by atoms with Crippen molar-refractivity contribution in [2.75, 3.05) is 22.9 Å². The van der Waals surface area contributed by atoms with Crippen LogP contribution in [0.1, 0.15) is 51.1 Å². The smallest absolute Gasteiger partial charge is 0.337 e. The van der Waals surface area contributed by atoms with E-state index in [1.807, 2.05) is 6.07 Å². The van der Waals surface area contributed by atoms with Gasteiger partial charge in [0.15, 0.2) is 0 Å². The van der Waals surface area contributed by atoms with Crippen molar-refractivity contribution in [2.24, 2.45) is 0 Å². The summed E-state index contributed by atoms with van der Waals surface area (Å²) in [7, 11) is -6.37. The summed E-state index contributed by atoms with van der Waals surface area (Å²) in [6, 6.07) is 16.9. The number of anilines is 1. The SMILES string of the molecule is C=CCC1N(S(=O)(=O)c2cccc(C(=O)OC)c2)c2ccc(C(=O)NCc3ccccc3Cl)cc2C12CCS(=O)(=O)CC2. The molecule has 0 radical (unpaired) electrons. The second kappa shape index (κ2) is 11.8. The largest absolute Gasteiger partial charge is 0.465 e. The molecule has 3 aromatic rings. The summed E-state index contributed by atoms with van der Waals surface area (Å²) in [5, 5.41) is 3.38. The molecule has 2 heterocycles. The summed E-state index contributed by atoms with van der Waals surface area (Å²) in [4.78, 5) is 25.4. The van der Waals surface area contributed by atoms with E-state index in [4.69, 9.17) is 16.3 Å². The van der Waals surface area contributed by atoms with Crippen LogP contribution in [-0.4, -0.2) is 53.4 Å². The minimum absolute atomic E-state index is 0.0762. The summed E-state index contributed by atoms with van der Waals surface area (Å²) in [5.74, 6) is -1.29. The van der Waals surface area contributed by atoms with Crippen molar-refractivity contribution < 1.29 is 31.2 Å². The second-order valence-electron chi connectivity index (χ2n) is 10.7. The number of ether oxygens (including phenoxy) is 1. The summed E-state index contributed by atoms with van der Waals surface area (Å²) in [5.41, 5.74) is 1.19. The zero-order valence-electron chi connectivity index (χ0n) is 23.5. The molecule has 1 spiro atoms. The Bertz CT molecular complexity index is 1810. The quantitative estimate of drug-likeness (QED) is 0.280. The van der Waals surface area contributed by atoms with Gasteiger partial charge in [-0.05, 0) is 72.9 Å². The number of sulfonamides is 1. The summed E-state index contributed by atoms with van der Waals surface area (Å²) < 4.78 is 59.9. The van der Waals surface area contributed by atoms with E-state index in [1.54, 1.807) is 42.5 Å². The first-order valence-electron chi connectivity index (χ1n) is 13.6. The molecule has 3 aromatic carbocycles. The van der Waals surface area contributed by atoms with Crippen LogP contribution in [-0.2, 0) is 36.6 Å². The highest BCUT2D eigenvalue weighted by molar-refractivity contribution is 7.93. The van der Waals surface area contributed by atoms with Gasteiger partial charge in [0.2, 0.25) is 0 Å². The molecule has 0 bridgehead atoms. The predicted octanol–water partition coefficient (Wildman–Crippen LogP) is 4.66. The average Bonchev–Trinajstić information content (AvgIpc) is 3.27. The molecule has 1 amide bonds. The Balaban J connectivity index is 1.61. The number of hydrogen-bond donors (Lipinski definition) is 1. The van der Waals surface area contributed by atoms with Crippen LogP contribution in [0.25, 0.3) is 0 Å². The molecule has 1 N–H and O–H groups in total. The highest BCUT2D eigenvalue weighted by Crippen LogP contribution is 2.54. The van der Waals surface area contributed by atoms with Crippen LogP contribution in [0, 0.1) is 0 Å². The fourth-order valence-electron chi connectivity index (χ4n) is 6.06. The molecule has 1 fully saturated rings. The van der Waals surface area contributed by atoms with Gasteiger partial charge in [0, 0.05) is 22.5 Å². The first-order valence-corrected chi connectivity index (χ1v) is 17.3. The van der Waals surface area contributed by atoms with E-state index in [0.29, 0.717) is 21.8 Å². The third kappa shape index (κ3) is 5.69. The number of nitrogens with one attached hydrogen (secondary N) is 1. The molecule has 12 heteroatoms. The topological polar surface area (TPSA) is 127 Å². The zero-order valence-corrected chi connectivity index (χ0v) is 25.8. The van der Waals surface area contributed by atoms with Crippen molar-refractivity contribution in [1.82, 2.24) is 5.32 Å². The van der Waals surface area contributed by atoms with E-state index in [1.165, 1.54) is 35.7 Å². The third-order valence-electron chi connectivity index (χ3n) is 8.27. The molecule has 1 atom stereocenters. The molecule has 2 aliphatic heterocycles. The predicted molar refractivity (Wildman–Crippen MR) is 165 cm³/mol. The van der Waals surface area contributed by atoms with Crippen LogP contribution in [0.5, 0.6) is 0 Å². The summed E-state index contributed by atoms with van der Waals surface area (Å²) in [6.07, 6.45) is 2.21. The molecule has 0 aliphatic carbocycles. The van der Waals surface area contributed by atoms with Crippen molar-refractivity contribution in [1.29, 1.82) is 0 Å². The van der Waals surface area contributed by atoms with Crippen molar-refractivity contribution in [2.45, 2.75) is 42.2 Å². The van der Waals surface area contributed by atoms with Crippen molar-refractivity contribution in [3.05, 3.63) is 107 Å². The third-order valence-corrected chi connectivity index (χ3v) is 12.1. The lowest BCUT2D eigenvalue weighted by molar-refractivity contribution is 0.0600. The van der Waals surface area contributed by atoms with Crippen molar-refractivity contribution >= 4 is 49.0 Å². The molecular formula is C31H31ClN2O7S2. The molecule has 226 valence electrons. The Morgan fingerprint density at radius 2 is 1.79 bits per heavy atom. The lowest BCUT2D eigenvalue weighted by Gasteiger charge is -2.41. The second-order valence-corrected chi connectivity index (χ2v) is 15.2. The minimum atomic E-state index is -4.26. The standard InChI is InChI=1S/C31H31ClN2O7S2/c1-3-7-28-31(14-16-42(37,38)17-15-31)25-19-21(29(35)33-20-23-8-4-5-11-26(23)32)12-13-27(25)34(28)43(39,40)24-10-6-9-22(18-24)30(36)41-2/h3-6,8-13,18-19,28H,1,7,14-17,20H2,2H3,(H,33,35). The number of carbonyl (C=O) groups excluding carboxylic acids is 2. The van der Waals surface area contributed by atoms with E-state index in [0.717, 1.165) is 5.56 Å². The maximum Gasteiger partial charge on any atom is 0.337 e. The van der Waals surface area contributed by atoms with Crippen LogP contribution in [0.2, 0.25) is 5.02 Å². The number of carbonyl (C=O) groups is 2. The molecule has 9 nitrogen and oxygen atoms in total. The van der Waals surface area contributed by atoms with Gasteiger partial charge in [-0.3, -0.25) is 9.10 Å². The maximum atomic E-state index is 14.3. The summed E-state index contributed by atoms with van der Waals surface area (Å²) >= 11 is 6.24. The van der Waals surface area contributed by atoms with Gasteiger partial charge >= 0.3 is 5.97 Å². The number of rotatable bonds is 8. The molecule has 0 saturated carbocycles. The fraction of sp³-hybridized carbons (Fsp3) is 0.290. The van der Waals surface area contributed by atoms with Gasteiger partial charge in [-0.1, -0.05) is 41.9 Å². The van der Waals surface area contributed by atoms with Gasteiger partial charge in [-0.15, -0.1) is 6.58 Å². The molecule has 43 heavy (non-hydrogen) atoms. The van der Waals surface area contributed by atoms with Crippen LogP contribution >= 0.6 is 11.6 Å². The Morgan fingerprint density at radius 1 is 1.07 bits per heavy atom. The maximum absolute atomic E-state index is 14.3. The lowest BCUT2D eigenvalue weighted by Crippen LogP contribution is -2.50. The molecule has 5 rings (SSSR count). The Labute approximate surface area is 256 Å². The van der Waals surface area contributed by atoms with Gasteiger partial charge in [-0.2, -0.15) is 0 Å².